The molecule has 0 fully saturated rings. The molecule has 3 heteroatoms. The molecule has 1 atom stereocenters. The average molecular weight is 257 g/mol. The highest BCUT2D eigenvalue weighted by Crippen LogP contribution is 2.13. The van der Waals surface area contributed by atoms with E-state index in [1.807, 2.05) is 13.0 Å². The highest BCUT2D eigenvalue weighted by molar-refractivity contribution is 9.10. The fraction of sp³-hybridized carbons (Fsp3) is 0.545. The van der Waals surface area contributed by atoms with Crippen molar-refractivity contribution in [1.29, 1.82) is 0 Å². The minimum atomic E-state index is 0.556. The third-order valence-corrected chi connectivity index (χ3v) is 3.16. The van der Waals surface area contributed by atoms with Gasteiger partial charge in [0.2, 0.25) is 0 Å². The molecule has 1 unspecified atom stereocenters. The van der Waals surface area contributed by atoms with Gasteiger partial charge in [0.15, 0.2) is 0 Å². The SMILES string of the molecule is CCC(C)NCc1ccc(Br)c(C)n1. The lowest BCUT2D eigenvalue weighted by molar-refractivity contribution is 0.528. The normalized spacial score (nSPS) is 12.9. The Bertz CT molecular complexity index is 299. The van der Waals surface area contributed by atoms with Gasteiger partial charge >= 0.3 is 0 Å². The molecule has 1 rings (SSSR count). The molecule has 0 radical (unpaired) electrons. The van der Waals surface area contributed by atoms with Crippen molar-refractivity contribution in [3.63, 3.8) is 0 Å². The predicted octanol–water partition coefficient (Wildman–Crippen LogP) is 3.04. The van der Waals surface area contributed by atoms with E-state index < -0.39 is 0 Å². The lowest BCUT2D eigenvalue weighted by Gasteiger charge is -2.11. The maximum absolute atomic E-state index is 4.47. The van der Waals surface area contributed by atoms with E-state index in [-0.39, 0.29) is 0 Å². The second-order valence-electron chi connectivity index (χ2n) is 3.56. The quantitative estimate of drug-likeness (QED) is 0.896. The van der Waals surface area contributed by atoms with E-state index in [4.69, 9.17) is 0 Å². The van der Waals surface area contributed by atoms with Crippen LogP contribution in [-0.2, 0) is 6.54 Å². The molecule has 1 aromatic heterocycles. The Balaban J connectivity index is 2.55. The molecule has 0 spiro atoms. The van der Waals surface area contributed by atoms with E-state index in [9.17, 15) is 0 Å². The first-order valence-electron chi connectivity index (χ1n) is 4.99. The molecule has 0 aromatic carbocycles. The van der Waals surface area contributed by atoms with Crippen LogP contribution in [0.25, 0.3) is 0 Å². The van der Waals surface area contributed by atoms with Crippen molar-refractivity contribution in [1.82, 2.24) is 10.3 Å². The largest absolute Gasteiger partial charge is 0.309 e. The van der Waals surface area contributed by atoms with E-state index in [1.54, 1.807) is 0 Å². The summed E-state index contributed by atoms with van der Waals surface area (Å²) in [5.41, 5.74) is 2.15. The van der Waals surface area contributed by atoms with Crippen LogP contribution in [0.5, 0.6) is 0 Å². The number of rotatable bonds is 4. The second-order valence-corrected chi connectivity index (χ2v) is 4.41. The Morgan fingerprint density at radius 2 is 2.21 bits per heavy atom. The van der Waals surface area contributed by atoms with Crippen LogP contribution >= 0.6 is 15.9 Å². The van der Waals surface area contributed by atoms with Crippen LogP contribution in [0.4, 0.5) is 0 Å². The fourth-order valence-corrected chi connectivity index (χ4v) is 1.34. The van der Waals surface area contributed by atoms with Gasteiger partial charge < -0.3 is 5.32 Å². The summed E-state index contributed by atoms with van der Waals surface area (Å²) in [6.07, 6.45) is 1.15. The minimum absolute atomic E-state index is 0.556. The summed E-state index contributed by atoms with van der Waals surface area (Å²) in [6, 6.07) is 4.66. The number of aryl methyl sites for hydroxylation is 1. The number of nitrogens with one attached hydrogen (secondary N) is 1. The number of aromatic nitrogens is 1. The van der Waals surface area contributed by atoms with Gasteiger partial charge in [-0.1, -0.05) is 6.92 Å². The highest BCUT2D eigenvalue weighted by atomic mass is 79.9. The molecule has 0 amide bonds. The molecule has 14 heavy (non-hydrogen) atoms. The molecule has 78 valence electrons. The predicted molar refractivity (Wildman–Crippen MR) is 63.3 cm³/mol. The molecule has 1 N–H and O–H groups in total. The van der Waals surface area contributed by atoms with Crippen LogP contribution < -0.4 is 5.32 Å². The molecule has 0 bridgehead atoms. The summed E-state index contributed by atoms with van der Waals surface area (Å²) >= 11 is 3.44. The summed E-state index contributed by atoms with van der Waals surface area (Å²) in [4.78, 5) is 4.47. The number of nitrogens with zero attached hydrogens (tertiary/aromatic N) is 1. The molecular formula is C11H17BrN2. The molecular weight excluding hydrogens is 240 g/mol. The van der Waals surface area contributed by atoms with Gasteiger partial charge in [-0.15, -0.1) is 0 Å². The van der Waals surface area contributed by atoms with Gasteiger partial charge in [-0.3, -0.25) is 4.98 Å². The number of halogens is 1. The van der Waals surface area contributed by atoms with Crippen LogP contribution in [0, 0.1) is 6.92 Å². The topological polar surface area (TPSA) is 24.9 Å². The standard InChI is InChI=1S/C11H17BrN2/c1-4-8(2)13-7-10-5-6-11(12)9(3)14-10/h5-6,8,13H,4,7H2,1-3H3. The van der Waals surface area contributed by atoms with Crippen molar-refractivity contribution in [3.8, 4) is 0 Å². The smallest absolute Gasteiger partial charge is 0.0545 e. The van der Waals surface area contributed by atoms with Gasteiger partial charge in [-0.2, -0.15) is 0 Å². The zero-order valence-corrected chi connectivity index (χ0v) is 10.6. The Kier molecular flexibility index (Phi) is 4.55. The molecule has 0 saturated heterocycles. The van der Waals surface area contributed by atoms with Crippen molar-refractivity contribution in [2.24, 2.45) is 0 Å². The third kappa shape index (κ3) is 3.39. The zero-order chi connectivity index (χ0) is 10.6. The minimum Gasteiger partial charge on any atom is -0.309 e. The second kappa shape index (κ2) is 5.47. The third-order valence-electron chi connectivity index (χ3n) is 2.32. The summed E-state index contributed by atoms with van der Waals surface area (Å²) in [7, 11) is 0. The van der Waals surface area contributed by atoms with Crippen LogP contribution in [0.3, 0.4) is 0 Å². The summed E-state index contributed by atoms with van der Waals surface area (Å²) in [5, 5.41) is 3.42. The molecule has 0 aliphatic carbocycles. The first kappa shape index (κ1) is 11.7. The molecule has 1 aromatic rings. The van der Waals surface area contributed by atoms with Gasteiger partial charge in [-0.25, -0.2) is 0 Å². The van der Waals surface area contributed by atoms with Gasteiger partial charge in [0, 0.05) is 17.1 Å². The molecule has 0 aliphatic rings. The first-order chi connectivity index (χ1) is 6.63. The van der Waals surface area contributed by atoms with Crippen LogP contribution in [0.15, 0.2) is 16.6 Å². The zero-order valence-electron chi connectivity index (χ0n) is 8.97. The number of pyridine rings is 1. The summed E-state index contributed by atoms with van der Waals surface area (Å²) < 4.78 is 1.07. The molecule has 2 nitrogen and oxygen atoms in total. The van der Waals surface area contributed by atoms with E-state index in [1.165, 1.54) is 0 Å². The Morgan fingerprint density at radius 3 is 2.79 bits per heavy atom. The maximum atomic E-state index is 4.47. The van der Waals surface area contributed by atoms with Gasteiger partial charge in [-0.05, 0) is 48.3 Å². The summed E-state index contributed by atoms with van der Waals surface area (Å²) in [6.45, 7) is 7.23. The van der Waals surface area contributed by atoms with Gasteiger partial charge in [0.25, 0.3) is 0 Å². The lowest BCUT2D eigenvalue weighted by atomic mass is 10.2. The van der Waals surface area contributed by atoms with Gasteiger partial charge in [0.1, 0.15) is 0 Å². The Hall–Kier alpha value is -0.410. The molecule has 0 aliphatic heterocycles. The van der Waals surface area contributed by atoms with Crippen molar-refractivity contribution < 1.29 is 0 Å². The molecule has 0 saturated carbocycles. The first-order valence-corrected chi connectivity index (χ1v) is 5.78. The van der Waals surface area contributed by atoms with E-state index in [0.29, 0.717) is 6.04 Å². The fourth-order valence-electron chi connectivity index (χ4n) is 1.12. The average Bonchev–Trinajstić information content (AvgIpc) is 2.19. The van der Waals surface area contributed by atoms with Gasteiger partial charge in [0.05, 0.1) is 11.4 Å². The maximum Gasteiger partial charge on any atom is 0.0545 e. The number of hydrogen-bond acceptors (Lipinski definition) is 2. The van der Waals surface area contributed by atoms with Crippen molar-refractivity contribution >= 4 is 15.9 Å². The Morgan fingerprint density at radius 1 is 1.50 bits per heavy atom. The highest BCUT2D eigenvalue weighted by Gasteiger charge is 2.01. The van der Waals surface area contributed by atoms with Crippen molar-refractivity contribution in [2.45, 2.75) is 39.8 Å². The summed E-state index contributed by atoms with van der Waals surface area (Å²) in [5.74, 6) is 0. The van der Waals surface area contributed by atoms with Crippen molar-refractivity contribution in [2.75, 3.05) is 0 Å². The Labute approximate surface area is 94.3 Å². The lowest BCUT2D eigenvalue weighted by Crippen LogP contribution is -2.24. The van der Waals surface area contributed by atoms with E-state index in [0.717, 1.165) is 28.8 Å². The van der Waals surface area contributed by atoms with Crippen molar-refractivity contribution in [3.05, 3.63) is 28.0 Å². The van der Waals surface area contributed by atoms with Crippen LogP contribution in [0.1, 0.15) is 31.7 Å². The van der Waals surface area contributed by atoms with E-state index >= 15 is 0 Å². The monoisotopic (exact) mass is 256 g/mol. The number of hydrogen-bond donors (Lipinski definition) is 1. The van der Waals surface area contributed by atoms with Crippen LogP contribution in [-0.4, -0.2) is 11.0 Å². The van der Waals surface area contributed by atoms with E-state index in [2.05, 4.69) is 46.1 Å². The molecule has 1 heterocycles. The van der Waals surface area contributed by atoms with Crippen LogP contribution in [0.2, 0.25) is 0 Å².